The van der Waals surface area contributed by atoms with Crippen molar-refractivity contribution in [2.24, 2.45) is 0 Å². The molecular weight excluding hydrogens is 445 g/mol. The summed E-state index contributed by atoms with van der Waals surface area (Å²) < 4.78 is 39.3. The number of amides is 2. The molecule has 0 bridgehead atoms. The van der Waals surface area contributed by atoms with Crippen molar-refractivity contribution in [1.29, 1.82) is 0 Å². The Labute approximate surface area is 194 Å². The van der Waals surface area contributed by atoms with Crippen molar-refractivity contribution < 1.29 is 22.4 Å². The molecule has 0 radical (unpaired) electrons. The average Bonchev–Trinajstić information content (AvgIpc) is 2.80. The Balaban J connectivity index is 1.41. The third-order valence-corrected chi connectivity index (χ3v) is 7.83. The monoisotopic (exact) mass is 475 g/mol. The predicted molar refractivity (Wildman–Crippen MR) is 124 cm³/mol. The fourth-order valence-electron chi connectivity index (χ4n) is 3.88. The lowest BCUT2D eigenvalue weighted by Gasteiger charge is -2.32. The first-order valence-electron chi connectivity index (χ1n) is 11.0. The molecule has 2 amide bonds. The van der Waals surface area contributed by atoms with Gasteiger partial charge in [0, 0.05) is 44.7 Å². The number of sulfonamides is 1. The zero-order valence-electron chi connectivity index (χ0n) is 19.0. The van der Waals surface area contributed by atoms with Gasteiger partial charge in [-0.1, -0.05) is 18.2 Å². The number of hydrogen-bond acceptors (Lipinski definition) is 4. The number of carbonyl (C=O) groups is 2. The van der Waals surface area contributed by atoms with Gasteiger partial charge in [-0.05, 0) is 62.1 Å². The molecular formula is C24H30FN3O4S. The largest absolute Gasteiger partial charge is 0.349 e. The number of nitrogens with zero attached hydrogens (tertiary/aromatic N) is 2. The molecule has 1 aliphatic heterocycles. The van der Waals surface area contributed by atoms with E-state index in [1.54, 1.807) is 11.0 Å². The molecule has 1 N–H and O–H groups in total. The lowest BCUT2D eigenvalue weighted by Crippen LogP contribution is -2.46. The molecule has 0 spiro atoms. The number of aryl methyl sites for hydroxylation is 1. The van der Waals surface area contributed by atoms with Gasteiger partial charge >= 0.3 is 0 Å². The van der Waals surface area contributed by atoms with Crippen molar-refractivity contribution in [3.05, 3.63) is 65.5 Å². The molecule has 2 aromatic carbocycles. The fourth-order valence-corrected chi connectivity index (χ4v) is 5.09. The second-order valence-corrected chi connectivity index (χ2v) is 10.4. The molecule has 0 saturated carbocycles. The molecule has 1 heterocycles. The minimum absolute atomic E-state index is 0.0209. The van der Waals surface area contributed by atoms with Gasteiger partial charge in [0.2, 0.25) is 15.9 Å². The number of halogens is 1. The Kier molecular flexibility index (Phi) is 8.20. The van der Waals surface area contributed by atoms with Crippen LogP contribution in [0.15, 0.2) is 53.4 Å². The topological polar surface area (TPSA) is 86.8 Å². The summed E-state index contributed by atoms with van der Waals surface area (Å²) in [5, 5.41) is 3.06. The van der Waals surface area contributed by atoms with E-state index in [1.165, 1.54) is 23.5 Å². The Morgan fingerprint density at radius 3 is 2.36 bits per heavy atom. The van der Waals surface area contributed by atoms with Crippen molar-refractivity contribution in [3.63, 3.8) is 0 Å². The van der Waals surface area contributed by atoms with E-state index in [2.05, 4.69) is 5.32 Å². The van der Waals surface area contributed by atoms with Crippen LogP contribution in [0.2, 0.25) is 0 Å². The molecule has 1 aliphatic rings. The lowest BCUT2D eigenvalue weighted by molar-refractivity contribution is -0.132. The van der Waals surface area contributed by atoms with Gasteiger partial charge in [0.25, 0.3) is 5.91 Å². The van der Waals surface area contributed by atoms with E-state index in [9.17, 15) is 22.4 Å². The minimum Gasteiger partial charge on any atom is -0.349 e. The van der Waals surface area contributed by atoms with Crippen LogP contribution in [0.3, 0.4) is 0 Å². The molecule has 0 aliphatic carbocycles. The van der Waals surface area contributed by atoms with Crippen LogP contribution in [-0.2, 0) is 14.8 Å². The molecule has 0 atom stereocenters. The van der Waals surface area contributed by atoms with Crippen LogP contribution in [0.5, 0.6) is 0 Å². The van der Waals surface area contributed by atoms with Crippen LogP contribution < -0.4 is 5.32 Å². The number of piperidine rings is 1. The number of likely N-dealkylation sites (tertiary alicyclic amines) is 1. The second kappa shape index (κ2) is 10.9. The fraction of sp³-hybridized carbons (Fsp3) is 0.417. The highest BCUT2D eigenvalue weighted by Gasteiger charge is 2.25. The quantitative estimate of drug-likeness (QED) is 0.636. The van der Waals surface area contributed by atoms with Gasteiger partial charge in [-0.3, -0.25) is 9.59 Å². The van der Waals surface area contributed by atoms with Crippen molar-refractivity contribution in [3.8, 4) is 0 Å². The molecule has 9 heteroatoms. The Hall–Kier alpha value is -2.78. The zero-order chi connectivity index (χ0) is 24.0. The summed E-state index contributed by atoms with van der Waals surface area (Å²) in [5.74, 6) is -0.616. The smallest absolute Gasteiger partial charge is 0.251 e. The molecule has 0 aromatic heterocycles. The molecule has 178 valence electrons. The van der Waals surface area contributed by atoms with Gasteiger partial charge < -0.3 is 10.2 Å². The minimum atomic E-state index is -3.72. The van der Waals surface area contributed by atoms with Crippen LogP contribution in [0, 0.1) is 12.7 Å². The first-order valence-corrected chi connectivity index (χ1v) is 12.5. The molecule has 2 aromatic rings. The summed E-state index contributed by atoms with van der Waals surface area (Å²) in [6, 6.07) is 12.1. The molecule has 0 unspecified atom stereocenters. The Bertz CT molecular complexity index is 1080. The van der Waals surface area contributed by atoms with Gasteiger partial charge in [-0.15, -0.1) is 0 Å². The summed E-state index contributed by atoms with van der Waals surface area (Å²) in [7, 11) is -2.27. The Morgan fingerprint density at radius 1 is 1.09 bits per heavy atom. The maximum absolute atomic E-state index is 13.1. The number of carbonyl (C=O) groups excluding carboxylic acids is 2. The van der Waals surface area contributed by atoms with Gasteiger partial charge in [0.1, 0.15) is 5.82 Å². The number of rotatable bonds is 8. The van der Waals surface area contributed by atoms with Gasteiger partial charge in [0.15, 0.2) is 0 Å². The van der Waals surface area contributed by atoms with Crippen molar-refractivity contribution >= 4 is 21.8 Å². The predicted octanol–water partition coefficient (Wildman–Crippen LogP) is 2.96. The number of hydrogen-bond donors (Lipinski definition) is 1. The molecule has 1 fully saturated rings. The van der Waals surface area contributed by atoms with Crippen LogP contribution in [0.25, 0.3) is 0 Å². The van der Waals surface area contributed by atoms with Crippen LogP contribution >= 0.6 is 0 Å². The van der Waals surface area contributed by atoms with E-state index in [4.69, 9.17) is 0 Å². The van der Waals surface area contributed by atoms with Gasteiger partial charge in [-0.2, -0.15) is 0 Å². The average molecular weight is 476 g/mol. The van der Waals surface area contributed by atoms with Crippen molar-refractivity contribution in [2.75, 3.05) is 26.7 Å². The zero-order valence-corrected chi connectivity index (χ0v) is 19.8. The van der Waals surface area contributed by atoms with E-state index in [-0.39, 0.29) is 35.7 Å². The normalized spacial score (nSPS) is 15.0. The summed E-state index contributed by atoms with van der Waals surface area (Å²) in [4.78, 5) is 26.8. The van der Waals surface area contributed by atoms with Crippen molar-refractivity contribution in [1.82, 2.24) is 14.5 Å². The highest BCUT2D eigenvalue weighted by molar-refractivity contribution is 7.89. The van der Waals surface area contributed by atoms with Crippen LogP contribution in [-0.4, -0.2) is 62.2 Å². The summed E-state index contributed by atoms with van der Waals surface area (Å²) in [5.41, 5.74) is 1.59. The first-order chi connectivity index (χ1) is 15.7. The van der Waals surface area contributed by atoms with E-state index < -0.39 is 15.8 Å². The van der Waals surface area contributed by atoms with Crippen LogP contribution in [0.1, 0.15) is 41.6 Å². The van der Waals surface area contributed by atoms with E-state index in [0.29, 0.717) is 37.9 Å². The highest BCUT2D eigenvalue weighted by Crippen LogP contribution is 2.17. The Morgan fingerprint density at radius 2 is 1.73 bits per heavy atom. The van der Waals surface area contributed by atoms with E-state index in [0.717, 1.165) is 17.7 Å². The summed E-state index contributed by atoms with van der Waals surface area (Å²) in [6.07, 6.45) is 1.99. The summed E-state index contributed by atoms with van der Waals surface area (Å²) >= 11 is 0. The lowest BCUT2D eigenvalue weighted by atomic mass is 10.0. The molecule has 3 rings (SSSR count). The van der Waals surface area contributed by atoms with Gasteiger partial charge in [-0.25, -0.2) is 17.1 Å². The van der Waals surface area contributed by atoms with Crippen LogP contribution in [0.4, 0.5) is 4.39 Å². The highest BCUT2D eigenvalue weighted by atomic mass is 32.2. The molecule has 33 heavy (non-hydrogen) atoms. The van der Waals surface area contributed by atoms with E-state index in [1.807, 2.05) is 25.1 Å². The SMILES string of the molecule is Cc1ccccc1C(=O)NC1CCN(C(=O)CCCN(C)S(=O)(=O)c2ccc(F)cc2)CC1. The van der Waals surface area contributed by atoms with E-state index >= 15 is 0 Å². The molecule has 7 nitrogen and oxygen atoms in total. The maximum Gasteiger partial charge on any atom is 0.251 e. The third kappa shape index (κ3) is 6.39. The number of benzene rings is 2. The van der Waals surface area contributed by atoms with Gasteiger partial charge in [0.05, 0.1) is 4.90 Å². The maximum atomic E-state index is 13.1. The number of nitrogens with one attached hydrogen (secondary N) is 1. The second-order valence-electron chi connectivity index (χ2n) is 8.33. The third-order valence-electron chi connectivity index (χ3n) is 5.96. The first kappa shape index (κ1) is 24.9. The standard InChI is InChI=1S/C24H30FN3O4S/c1-18-6-3-4-7-22(18)24(30)26-20-13-16-28(17-14-20)23(29)8-5-15-27(2)33(31,32)21-11-9-19(25)10-12-21/h3-4,6-7,9-12,20H,5,8,13-17H2,1-2H3,(H,26,30). The van der Waals surface area contributed by atoms with Crippen molar-refractivity contribution in [2.45, 2.75) is 43.5 Å². The summed E-state index contributed by atoms with van der Waals surface area (Å²) in [6.45, 7) is 3.20. The molecule has 1 saturated heterocycles.